The molecule has 1 fully saturated rings. The van der Waals surface area contributed by atoms with E-state index >= 15 is 0 Å². The van der Waals surface area contributed by atoms with Crippen molar-refractivity contribution in [2.45, 2.75) is 38.8 Å². The Morgan fingerprint density at radius 1 is 1.32 bits per heavy atom. The number of nitrogens with one attached hydrogen (secondary N) is 1. The lowest BCUT2D eigenvalue weighted by Gasteiger charge is -2.28. The molecule has 0 amide bonds. The van der Waals surface area contributed by atoms with Gasteiger partial charge in [0, 0.05) is 24.2 Å². The second kappa shape index (κ2) is 6.96. The first-order valence-corrected chi connectivity index (χ1v) is 7.08. The molecule has 1 aromatic rings. The van der Waals surface area contributed by atoms with Crippen molar-refractivity contribution in [3.05, 3.63) is 35.4 Å². The largest absolute Gasteiger partial charge is 0.314 e. The normalized spacial score (nSPS) is 21.9. The molecule has 1 saturated heterocycles. The van der Waals surface area contributed by atoms with Crippen LogP contribution in [0.4, 0.5) is 8.78 Å². The van der Waals surface area contributed by atoms with Gasteiger partial charge in [0.15, 0.2) is 0 Å². The van der Waals surface area contributed by atoms with E-state index < -0.39 is 11.6 Å². The molecule has 0 radical (unpaired) electrons. The molecule has 1 aromatic carbocycles. The zero-order valence-electron chi connectivity index (χ0n) is 11.5. The molecule has 19 heavy (non-hydrogen) atoms. The second-order valence-electron chi connectivity index (χ2n) is 5.21. The highest BCUT2D eigenvalue weighted by Gasteiger charge is 2.15. The van der Waals surface area contributed by atoms with Gasteiger partial charge >= 0.3 is 0 Å². The van der Waals surface area contributed by atoms with Gasteiger partial charge < -0.3 is 5.32 Å². The van der Waals surface area contributed by atoms with Crippen LogP contribution in [0.25, 0.3) is 0 Å². The Morgan fingerprint density at radius 3 is 2.89 bits per heavy atom. The van der Waals surface area contributed by atoms with Gasteiger partial charge in [-0.15, -0.1) is 0 Å². The van der Waals surface area contributed by atoms with Crippen molar-refractivity contribution in [1.29, 1.82) is 0 Å². The van der Waals surface area contributed by atoms with Gasteiger partial charge in [0.25, 0.3) is 0 Å². The van der Waals surface area contributed by atoms with Crippen LogP contribution in [0, 0.1) is 11.6 Å². The summed E-state index contributed by atoms with van der Waals surface area (Å²) >= 11 is 0. The van der Waals surface area contributed by atoms with Crippen molar-refractivity contribution in [2.24, 2.45) is 0 Å². The topological polar surface area (TPSA) is 15.3 Å². The van der Waals surface area contributed by atoms with Crippen LogP contribution in [0.5, 0.6) is 0 Å². The van der Waals surface area contributed by atoms with Crippen LogP contribution in [0.2, 0.25) is 0 Å². The molecule has 2 nitrogen and oxygen atoms in total. The summed E-state index contributed by atoms with van der Waals surface area (Å²) in [6.45, 7) is 5.69. The molecule has 4 heteroatoms. The van der Waals surface area contributed by atoms with E-state index in [0.29, 0.717) is 18.2 Å². The summed E-state index contributed by atoms with van der Waals surface area (Å²) < 4.78 is 26.5. The minimum atomic E-state index is -0.510. The molecule has 1 N–H and O–H groups in total. The molecule has 0 bridgehead atoms. The van der Waals surface area contributed by atoms with E-state index in [-0.39, 0.29) is 0 Å². The highest BCUT2D eigenvalue weighted by atomic mass is 19.1. The summed E-state index contributed by atoms with van der Waals surface area (Å²) in [5.41, 5.74) is 0.586. The van der Waals surface area contributed by atoms with Crippen LogP contribution in [-0.2, 0) is 6.54 Å². The minimum Gasteiger partial charge on any atom is -0.314 e. The molecule has 1 atom stereocenters. The van der Waals surface area contributed by atoms with Crippen LogP contribution in [0.15, 0.2) is 18.2 Å². The quantitative estimate of drug-likeness (QED) is 0.906. The number of nitrogens with zero attached hydrogens (tertiary/aromatic N) is 1. The lowest BCUT2D eigenvalue weighted by atomic mass is 10.1. The third kappa shape index (κ3) is 4.25. The average Bonchev–Trinajstić information content (AvgIpc) is 2.36. The Kier molecular flexibility index (Phi) is 5.28. The van der Waals surface area contributed by atoms with Gasteiger partial charge in [0.05, 0.1) is 0 Å². The van der Waals surface area contributed by atoms with Crippen molar-refractivity contribution < 1.29 is 8.78 Å². The van der Waals surface area contributed by atoms with Crippen LogP contribution in [0.3, 0.4) is 0 Å². The number of hydrogen-bond acceptors (Lipinski definition) is 2. The predicted molar refractivity (Wildman–Crippen MR) is 73.0 cm³/mol. The Morgan fingerprint density at radius 2 is 2.16 bits per heavy atom. The van der Waals surface area contributed by atoms with Crippen LogP contribution in [0.1, 0.15) is 31.7 Å². The fourth-order valence-electron chi connectivity index (χ4n) is 2.56. The van der Waals surface area contributed by atoms with E-state index in [1.807, 2.05) is 0 Å². The summed E-state index contributed by atoms with van der Waals surface area (Å²) in [6.07, 6.45) is 3.28. The molecular formula is C15H22F2N2. The Labute approximate surface area is 113 Å². The summed E-state index contributed by atoms with van der Waals surface area (Å²) in [5.74, 6) is -0.948. The second-order valence-corrected chi connectivity index (χ2v) is 5.21. The van der Waals surface area contributed by atoms with Gasteiger partial charge in [-0.25, -0.2) is 8.78 Å². The van der Waals surface area contributed by atoms with Crippen molar-refractivity contribution in [3.63, 3.8) is 0 Å². The van der Waals surface area contributed by atoms with E-state index in [2.05, 4.69) is 17.1 Å². The zero-order chi connectivity index (χ0) is 13.7. The maximum atomic E-state index is 13.7. The number of rotatable bonds is 3. The van der Waals surface area contributed by atoms with Gasteiger partial charge in [-0.05, 0) is 45.0 Å². The summed E-state index contributed by atoms with van der Waals surface area (Å²) in [6, 6.07) is 4.41. The predicted octanol–water partition coefficient (Wildman–Crippen LogP) is 2.93. The summed E-state index contributed by atoms with van der Waals surface area (Å²) in [4.78, 5) is 2.26. The maximum absolute atomic E-state index is 13.7. The fourth-order valence-corrected chi connectivity index (χ4v) is 2.56. The van der Waals surface area contributed by atoms with E-state index in [1.54, 1.807) is 6.07 Å². The molecule has 0 saturated carbocycles. The first kappa shape index (κ1) is 14.4. The molecule has 0 aliphatic carbocycles. The first-order chi connectivity index (χ1) is 9.19. The van der Waals surface area contributed by atoms with Crippen LogP contribution < -0.4 is 5.32 Å². The molecule has 1 aliphatic heterocycles. The van der Waals surface area contributed by atoms with Crippen molar-refractivity contribution >= 4 is 0 Å². The molecule has 0 spiro atoms. The van der Waals surface area contributed by atoms with Gasteiger partial charge in [0.1, 0.15) is 11.6 Å². The monoisotopic (exact) mass is 268 g/mol. The minimum absolute atomic E-state index is 0.438. The van der Waals surface area contributed by atoms with E-state index in [4.69, 9.17) is 0 Å². The van der Waals surface area contributed by atoms with E-state index in [9.17, 15) is 8.78 Å². The molecular weight excluding hydrogens is 246 g/mol. The Hall–Kier alpha value is -1.00. The molecule has 1 aliphatic rings. The molecule has 1 heterocycles. The standard InChI is InChI=1S/C15H22F2N2/c1-2-14-6-9-19(8-3-7-18-14)11-12-4-5-13(16)10-15(12)17/h4-5,10,14,18H,2-3,6-9,11H2,1H3. The van der Waals surface area contributed by atoms with Crippen molar-refractivity contribution in [1.82, 2.24) is 10.2 Å². The number of benzene rings is 1. The highest BCUT2D eigenvalue weighted by molar-refractivity contribution is 5.18. The SMILES string of the molecule is CCC1CCN(Cc2ccc(F)cc2F)CCCN1. The number of halogens is 2. The smallest absolute Gasteiger partial charge is 0.130 e. The number of hydrogen-bond donors (Lipinski definition) is 1. The van der Waals surface area contributed by atoms with E-state index in [0.717, 1.165) is 45.0 Å². The molecule has 2 rings (SSSR count). The van der Waals surface area contributed by atoms with E-state index in [1.165, 1.54) is 6.07 Å². The van der Waals surface area contributed by atoms with Crippen LogP contribution in [-0.4, -0.2) is 30.6 Å². The lowest BCUT2D eigenvalue weighted by Crippen LogP contribution is -2.39. The van der Waals surface area contributed by atoms with Gasteiger partial charge in [-0.3, -0.25) is 4.90 Å². The Bertz CT molecular complexity index is 409. The summed E-state index contributed by atoms with van der Waals surface area (Å²) in [7, 11) is 0. The van der Waals surface area contributed by atoms with Gasteiger partial charge in [-0.1, -0.05) is 13.0 Å². The Balaban J connectivity index is 1.96. The lowest BCUT2D eigenvalue weighted by molar-refractivity contribution is 0.222. The molecule has 0 aromatic heterocycles. The van der Waals surface area contributed by atoms with Gasteiger partial charge in [-0.2, -0.15) is 0 Å². The molecule has 1 unspecified atom stereocenters. The van der Waals surface area contributed by atoms with Crippen LogP contribution >= 0.6 is 0 Å². The van der Waals surface area contributed by atoms with Crippen molar-refractivity contribution in [2.75, 3.05) is 19.6 Å². The maximum Gasteiger partial charge on any atom is 0.130 e. The summed E-state index contributed by atoms with van der Waals surface area (Å²) in [5, 5.41) is 3.52. The highest BCUT2D eigenvalue weighted by Crippen LogP contribution is 2.14. The van der Waals surface area contributed by atoms with Crippen molar-refractivity contribution in [3.8, 4) is 0 Å². The fraction of sp³-hybridized carbons (Fsp3) is 0.600. The third-order valence-electron chi connectivity index (χ3n) is 3.78. The zero-order valence-corrected chi connectivity index (χ0v) is 11.5. The van der Waals surface area contributed by atoms with Gasteiger partial charge in [0.2, 0.25) is 0 Å². The first-order valence-electron chi connectivity index (χ1n) is 7.08. The third-order valence-corrected chi connectivity index (χ3v) is 3.78. The average molecular weight is 268 g/mol. The molecule has 106 valence electrons.